The van der Waals surface area contributed by atoms with Crippen LogP contribution < -0.4 is 0 Å². The molecule has 0 aromatic heterocycles. The summed E-state index contributed by atoms with van der Waals surface area (Å²) in [5.74, 6) is -1.11. The highest BCUT2D eigenvalue weighted by Crippen LogP contribution is 2.32. The minimum Gasteiger partial charge on any atom is -0.481 e. The van der Waals surface area contributed by atoms with Crippen molar-refractivity contribution in [1.29, 1.82) is 0 Å². The van der Waals surface area contributed by atoms with E-state index < -0.39 is 12.1 Å². The van der Waals surface area contributed by atoms with Gasteiger partial charge in [-0.15, -0.1) is 0 Å². The Hall–Kier alpha value is -0.610. The molecule has 2 rings (SSSR count). The predicted molar refractivity (Wildman–Crippen MR) is 41.7 cm³/mol. The molecule has 0 bridgehead atoms. The summed E-state index contributed by atoms with van der Waals surface area (Å²) in [5.41, 5.74) is 0. The lowest BCUT2D eigenvalue weighted by molar-refractivity contribution is -0.143. The third-order valence-corrected chi connectivity index (χ3v) is 2.98. The Morgan fingerprint density at radius 2 is 2.00 bits per heavy atom. The first-order valence-corrected chi connectivity index (χ1v) is 4.35. The number of aliphatic hydroxyl groups is 1. The molecule has 68 valence electrons. The molecule has 2 N–H and O–H groups in total. The van der Waals surface area contributed by atoms with Gasteiger partial charge in [-0.3, -0.25) is 9.69 Å². The summed E-state index contributed by atoms with van der Waals surface area (Å²) in [6, 6.07) is -0.109. The number of aliphatic carboxylic acids is 1. The van der Waals surface area contributed by atoms with E-state index in [4.69, 9.17) is 5.11 Å². The molecule has 0 aromatic carbocycles. The molecule has 0 aliphatic carbocycles. The number of carbonyl (C=O) groups is 1. The molecule has 2 aliphatic rings. The van der Waals surface area contributed by atoms with Gasteiger partial charge in [0.05, 0.1) is 12.0 Å². The van der Waals surface area contributed by atoms with Gasteiger partial charge in [0.2, 0.25) is 0 Å². The number of aliphatic hydroxyl groups excluding tert-OH is 1. The van der Waals surface area contributed by atoms with Crippen LogP contribution in [-0.4, -0.2) is 46.3 Å². The molecule has 2 aliphatic heterocycles. The van der Waals surface area contributed by atoms with Crippen molar-refractivity contribution >= 4 is 5.97 Å². The Morgan fingerprint density at radius 1 is 1.33 bits per heavy atom. The molecule has 4 nitrogen and oxygen atoms in total. The van der Waals surface area contributed by atoms with Crippen LogP contribution in [0.3, 0.4) is 0 Å². The lowest BCUT2D eigenvalue weighted by atomic mass is 9.97. The first kappa shape index (κ1) is 8.01. The number of hydrogen-bond acceptors (Lipinski definition) is 3. The fraction of sp³-hybridized carbons (Fsp3) is 0.875. The number of hydrogen-bond donors (Lipinski definition) is 2. The zero-order valence-corrected chi connectivity index (χ0v) is 6.81. The van der Waals surface area contributed by atoms with E-state index in [1.54, 1.807) is 0 Å². The highest BCUT2D eigenvalue weighted by Gasteiger charge is 2.46. The number of carboxylic acids is 1. The Kier molecular flexibility index (Phi) is 1.81. The molecule has 2 saturated heterocycles. The van der Waals surface area contributed by atoms with E-state index in [0.29, 0.717) is 6.42 Å². The lowest BCUT2D eigenvalue weighted by Gasteiger charge is -2.19. The van der Waals surface area contributed by atoms with Gasteiger partial charge in [-0.05, 0) is 19.4 Å². The SMILES string of the molecule is O=C(O)C1CCN2CCC(O)C12. The summed E-state index contributed by atoms with van der Waals surface area (Å²) in [7, 11) is 0. The average molecular weight is 171 g/mol. The zero-order valence-electron chi connectivity index (χ0n) is 6.81. The van der Waals surface area contributed by atoms with Gasteiger partial charge in [0.15, 0.2) is 0 Å². The number of carboxylic acid groups (broad SMARTS) is 1. The van der Waals surface area contributed by atoms with Gasteiger partial charge >= 0.3 is 5.97 Å². The Balaban J connectivity index is 2.14. The molecule has 0 saturated carbocycles. The highest BCUT2D eigenvalue weighted by molar-refractivity contribution is 5.71. The van der Waals surface area contributed by atoms with Crippen LogP contribution in [0.4, 0.5) is 0 Å². The van der Waals surface area contributed by atoms with Crippen LogP contribution in [0.25, 0.3) is 0 Å². The van der Waals surface area contributed by atoms with E-state index in [0.717, 1.165) is 19.5 Å². The summed E-state index contributed by atoms with van der Waals surface area (Å²) in [4.78, 5) is 12.8. The van der Waals surface area contributed by atoms with Crippen LogP contribution >= 0.6 is 0 Å². The third kappa shape index (κ3) is 1.03. The van der Waals surface area contributed by atoms with E-state index in [2.05, 4.69) is 4.90 Å². The first-order chi connectivity index (χ1) is 5.70. The molecule has 3 unspecified atom stereocenters. The van der Waals surface area contributed by atoms with Crippen molar-refractivity contribution in [1.82, 2.24) is 4.90 Å². The minimum atomic E-state index is -0.761. The summed E-state index contributed by atoms with van der Waals surface area (Å²) in [6.45, 7) is 1.69. The van der Waals surface area contributed by atoms with Gasteiger partial charge in [-0.2, -0.15) is 0 Å². The van der Waals surface area contributed by atoms with Crippen LogP contribution in [0.2, 0.25) is 0 Å². The van der Waals surface area contributed by atoms with Crippen molar-refractivity contribution < 1.29 is 15.0 Å². The van der Waals surface area contributed by atoms with Gasteiger partial charge < -0.3 is 10.2 Å². The molecule has 3 atom stereocenters. The summed E-state index contributed by atoms with van der Waals surface area (Å²) in [5, 5.41) is 18.4. The second-order valence-corrected chi connectivity index (χ2v) is 3.62. The molecule has 0 aromatic rings. The largest absolute Gasteiger partial charge is 0.481 e. The number of nitrogens with zero attached hydrogens (tertiary/aromatic N) is 1. The molecular weight excluding hydrogens is 158 g/mol. The second-order valence-electron chi connectivity index (χ2n) is 3.62. The first-order valence-electron chi connectivity index (χ1n) is 4.35. The lowest BCUT2D eigenvalue weighted by Crippen LogP contribution is -2.37. The maximum absolute atomic E-state index is 10.8. The quantitative estimate of drug-likeness (QED) is 0.559. The van der Waals surface area contributed by atoms with Crippen molar-refractivity contribution in [2.45, 2.75) is 25.0 Å². The number of rotatable bonds is 1. The van der Waals surface area contributed by atoms with E-state index in [-0.39, 0.29) is 12.0 Å². The smallest absolute Gasteiger partial charge is 0.308 e. The minimum absolute atomic E-state index is 0.109. The van der Waals surface area contributed by atoms with Gasteiger partial charge in [0, 0.05) is 12.6 Å². The van der Waals surface area contributed by atoms with Gasteiger partial charge in [-0.1, -0.05) is 0 Å². The maximum atomic E-state index is 10.8. The molecule has 0 spiro atoms. The fourth-order valence-corrected chi connectivity index (χ4v) is 2.39. The molecular formula is C8H13NO3. The second kappa shape index (κ2) is 2.71. The molecule has 2 fully saturated rings. The van der Waals surface area contributed by atoms with Crippen LogP contribution in [0, 0.1) is 5.92 Å². The average Bonchev–Trinajstić information content (AvgIpc) is 2.53. The van der Waals surface area contributed by atoms with Gasteiger partial charge in [-0.25, -0.2) is 0 Å². The molecule has 4 heteroatoms. The molecule has 12 heavy (non-hydrogen) atoms. The third-order valence-electron chi connectivity index (χ3n) is 2.98. The Morgan fingerprint density at radius 3 is 2.67 bits per heavy atom. The van der Waals surface area contributed by atoms with Crippen LogP contribution in [0.5, 0.6) is 0 Å². The Bertz CT molecular complexity index is 206. The standard InChI is InChI=1S/C8H13NO3/c10-6-2-4-9-3-1-5(7(6)9)8(11)12/h5-7,10H,1-4H2,(H,11,12). The zero-order chi connectivity index (χ0) is 8.72. The van der Waals surface area contributed by atoms with Crippen molar-refractivity contribution in [3.05, 3.63) is 0 Å². The monoisotopic (exact) mass is 171 g/mol. The summed E-state index contributed by atoms with van der Waals surface area (Å²) >= 11 is 0. The van der Waals surface area contributed by atoms with Crippen molar-refractivity contribution in [2.24, 2.45) is 5.92 Å². The van der Waals surface area contributed by atoms with Crippen LogP contribution in [0.15, 0.2) is 0 Å². The maximum Gasteiger partial charge on any atom is 0.308 e. The highest BCUT2D eigenvalue weighted by atomic mass is 16.4. The van der Waals surface area contributed by atoms with Crippen molar-refractivity contribution in [3.63, 3.8) is 0 Å². The van der Waals surface area contributed by atoms with E-state index >= 15 is 0 Å². The van der Waals surface area contributed by atoms with Gasteiger partial charge in [0.25, 0.3) is 0 Å². The molecule has 0 radical (unpaired) electrons. The fourth-order valence-electron chi connectivity index (χ4n) is 2.39. The van der Waals surface area contributed by atoms with Crippen molar-refractivity contribution in [2.75, 3.05) is 13.1 Å². The Labute approximate surface area is 70.8 Å². The number of fused-ring (bicyclic) bond motifs is 1. The van der Waals surface area contributed by atoms with Crippen LogP contribution in [-0.2, 0) is 4.79 Å². The summed E-state index contributed by atoms with van der Waals surface area (Å²) in [6.07, 6.45) is 1.000. The van der Waals surface area contributed by atoms with Crippen LogP contribution in [0.1, 0.15) is 12.8 Å². The van der Waals surface area contributed by atoms with E-state index in [9.17, 15) is 9.90 Å². The van der Waals surface area contributed by atoms with Gasteiger partial charge in [0.1, 0.15) is 0 Å². The summed E-state index contributed by atoms with van der Waals surface area (Å²) < 4.78 is 0. The molecule has 0 amide bonds. The van der Waals surface area contributed by atoms with E-state index in [1.807, 2.05) is 0 Å². The molecule has 2 heterocycles. The normalized spacial score (nSPS) is 41.6. The van der Waals surface area contributed by atoms with E-state index in [1.165, 1.54) is 0 Å². The predicted octanol–water partition coefficient (Wildman–Crippen LogP) is -0.474. The topological polar surface area (TPSA) is 60.8 Å². The van der Waals surface area contributed by atoms with Crippen molar-refractivity contribution in [3.8, 4) is 0 Å².